The molecule has 0 saturated heterocycles. The number of nitrogens with zero attached hydrogens (tertiary/aromatic N) is 1. The topological polar surface area (TPSA) is 41.6 Å². The predicted octanol–water partition coefficient (Wildman–Crippen LogP) is 3.22. The fraction of sp³-hybridized carbons (Fsp3) is 0.267. The number of para-hydroxylation sites is 2. The van der Waals surface area contributed by atoms with Gasteiger partial charge in [0.2, 0.25) is 0 Å². The average molecular weight is 288 g/mol. The van der Waals surface area contributed by atoms with Crippen LogP contribution in [0.5, 0.6) is 5.75 Å². The van der Waals surface area contributed by atoms with Crippen molar-refractivity contribution in [3.8, 4) is 5.75 Å². The number of nitrogens with one attached hydrogen (secondary N) is 1. The Labute approximate surface area is 122 Å². The van der Waals surface area contributed by atoms with Gasteiger partial charge in [0.05, 0.1) is 18.5 Å². The molecule has 4 nitrogen and oxygen atoms in total. The van der Waals surface area contributed by atoms with E-state index < -0.39 is 0 Å². The van der Waals surface area contributed by atoms with Gasteiger partial charge in [-0.05, 0) is 30.0 Å². The Kier molecular flexibility index (Phi) is 3.60. The van der Waals surface area contributed by atoms with Crippen LogP contribution >= 0.6 is 11.3 Å². The van der Waals surface area contributed by atoms with E-state index in [-0.39, 0.29) is 5.91 Å². The first kappa shape index (κ1) is 13.0. The van der Waals surface area contributed by atoms with Crippen molar-refractivity contribution in [3.63, 3.8) is 0 Å². The minimum absolute atomic E-state index is 0.00741. The van der Waals surface area contributed by atoms with Gasteiger partial charge in [0.15, 0.2) is 0 Å². The summed E-state index contributed by atoms with van der Waals surface area (Å²) in [5, 5.41) is 5.25. The maximum Gasteiger partial charge on any atom is 0.272 e. The van der Waals surface area contributed by atoms with Gasteiger partial charge in [-0.1, -0.05) is 12.1 Å². The van der Waals surface area contributed by atoms with Crippen LogP contribution in [0.4, 0.5) is 11.4 Å². The number of fused-ring (bicyclic) bond motifs is 1. The van der Waals surface area contributed by atoms with Crippen molar-refractivity contribution in [2.45, 2.75) is 6.42 Å². The molecular formula is C15H16N2O2S. The number of carbonyl (C=O) groups is 1. The van der Waals surface area contributed by atoms with Crippen LogP contribution in [0.15, 0.2) is 35.7 Å². The molecule has 0 fully saturated rings. The average Bonchev–Trinajstić information content (AvgIpc) is 2.86. The second-order valence-electron chi connectivity index (χ2n) is 4.57. The summed E-state index contributed by atoms with van der Waals surface area (Å²) < 4.78 is 5.26. The number of ether oxygens (including phenoxy) is 1. The standard InChI is InChI=1S/C15H16N2O2S/c1-19-13-7-10-20-14(13)15(18)17-9-4-8-16-11-5-2-3-6-12(11)17/h2-3,5-7,10,16H,4,8-9H2,1H3. The first-order chi connectivity index (χ1) is 9.81. The minimum atomic E-state index is 0.00741. The summed E-state index contributed by atoms with van der Waals surface area (Å²) in [6, 6.07) is 9.75. The third-order valence-corrected chi connectivity index (χ3v) is 4.24. The molecule has 1 N–H and O–H groups in total. The van der Waals surface area contributed by atoms with Crippen LogP contribution in [0.1, 0.15) is 16.1 Å². The highest BCUT2D eigenvalue weighted by molar-refractivity contribution is 7.12. The van der Waals surface area contributed by atoms with Crippen molar-refractivity contribution < 1.29 is 9.53 Å². The van der Waals surface area contributed by atoms with Crippen LogP contribution < -0.4 is 15.0 Å². The third-order valence-electron chi connectivity index (χ3n) is 3.36. The van der Waals surface area contributed by atoms with Crippen molar-refractivity contribution in [2.75, 3.05) is 30.4 Å². The maximum absolute atomic E-state index is 12.8. The van der Waals surface area contributed by atoms with Crippen LogP contribution in [0.3, 0.4) is 0 Å². The molecule has 0 radical (unpaired) electrons. The number of amides is 1. The van der Waals surface area contributed by atoms with Gasteiger partial charge in [0.25, 0.3) is 5.91 Å². The van der Waals surface area contributed by atoms with Gasteiger partial charge >= 0.3 is 0 Å². The lowest BCUT2D eigenvalue weighted by Gasteiger charge is -2.22. The summed E-state index contributed by atoms with van der Waals surface area (Å²) in [6.45, 7) is 1.59. The van der Waals surface area contributed by atoms with Gasteiger partial charge in [-0.25, -0.2) is 0 Å². The number of hydrogen-bond acceptors (Lipinski definition) is 4. The molecule has 2 aromatic rings. The molecule has 1 aliphatic heterocycles. The van der Waals surface area contributed by atoms with Crippen LogP contribution in [-0.4, -0.2) is 26.1 Å². The van der Waals surface area contributed by atoms with Gasteiger partial charge in [0.1, 0.15) is 10.6 Å². The van der Waals surface area contributed by atoms with Crippen molar-refractivity contribution in [1.29, 1.82) is 0 Å². The lowest BCUT2D eigenvalue weighted by atomic mass is 10.2. The van der Waals surface area contributed by atoms with Gasteiger partial charge in [-0.3, -0.25) is 4.79 Å². The number of hydrogen-bond donors (Lipinski definition) is 1. The fourth-order valence-corrected chi connectivity index (χ4v) is 3.19. The van der Waals surface area contributed by atoms with Crippen molar-refractivity contribution >= 4 is 28.6 Å². The Morgan fingerprint density at radius 1 is 1.35 bits per heavy atom. The predicted molar refractivity (Wildman–Crippen MR) is 82.1 cm³/mol. The zero-order valence-corrected chi connectivity index (χ0v) is 12.1. The zero-order chi connectivity index (χ0) is 13.9. The summed E-state index contributed by atoms with van der Waals surface area (Å²) in [5.41, 5.74) is 1.94. The summed E-state index contributed by atoms with van der Waals surface area (Å²) in [4.78, 5) is 15.3. The molecule has 1 amide bonds. The molecule has 1 aromatic heterocycles. The highest BCUT2D eigenvalue weighted by Gasteiger charge is 2.25. The summed E-state index contributed by atoms with van der Waals surface area (Å²) in [7, 11) is 1.59. The van der Waals surface area contributed by atoms with E-state index in [0.717, 1.165) is 24.3 Å². The maximum atomic E-state index is 12.8. The molecule has 0 saturated carbocycles. The number of benzene rings is 1. The fourth-order valence-electron chi connectivity index (χ4n) is 2.39. The lowest BCUT2D eigenvalue weighted by Crippen LogP contribution is -2.31. The number of methoxy groups -OCH3 is 1. The van der Waals surface area contributed by atoms with Crippen LogP contribution in [-0.2, 0) is 0 Å². The Balaban J connectivity index is 1.99. The normalized spacial score (nSPS) is 14.2. The number of thiophene rings is 1. The van der Waals surface area contributed by atoms with E-state index in [1.165, 1.54) is 11.3 Å². The van der Waals surface area contributed by atoms with E-state index in [2.05, 4.69) is 5.32 Å². The SMILES string of the molecule is COc1ccsc1C(=O)N1CCCNc2ccccc21. The molecule has 0 unspecified atom stereocenters. The number of anilines is 2. The van der Waals surface area contributed by atoms with Gasteiger partial charge in [-0.15, -0.1) is 11.3 Å². The van der Waals surface area contributed by atoms with Crippen molar-refractivity contribution in [1.82, 2.24) is 0 Å². The van der Waals surface area contributed by atoms with E-state index >= 15 is 0 Å². The number of rotatable bonds is 2. The Hall–Kier alpha value is -2.01. The third kappa shape index (κ3) is 2.25. The first-order valence-corrected chi connectivity index (χ1v) is 7.45. The van der Waals surface area contributed by atoms with E-state index in [9.17, 15) is 4.79 Å². The molecule has 2 heterocycles. The highest BCUT2D eigenvalue weighted by atomic mass is 32.1. The molecule has 3 rings (SSSR count). The van der Waals surface area contributed by atoms with Crippen LogP contribution in [0, 0.1) is 0 Å². The van der Waals surface area contributed by atoms with Gasteiger partial charge < -0.3 is 15.0 Å². The molecule has 20 heavy (non-hydrogen) atoms. The first-order valence-electron chi connectivity index (χ1n) is 6.57. The largest absolute Gasteiger partial charge is 0.495 e. The number of carbonyl (C=O) groups excluding carboxylic acids is 1. The molecule has 1 aliphatic rings. The summed E-state index contributed by atoms with van der Waals surface area (Å²) in [5.74, 6) is 0.655. The molecule has 0 aliphatic carbocycles. The van der Waals surface area contributed by atoms with Crippen molar-refractivity contribution in [3.05, 3.63) is 40.6 Å². The van der Waals surface area contributed by atoms with E-state index in [0.29, 0.717) is 17.2 Å². The zero-order valence-electron chi connectivity index (χ0n) is 11.3. The lowest BCUT2D eigenvalue weighted by molar-refractivity contribution is 0.0988. The minimum Gasteiger partial charge on any atom is -0.495 e. The van der Waals surface area contributed by atoms with Gasteiger partial charge in [-0.2, -0.15) is 0 Å². The molecular weight excluding hydrogens is 272 g/mol. The quantitative estimate of drug-likeness (QED) is 0.922. The second-order valence-corrected chi connectivity index (χ2v) is 5.49. The molecule has 5 heteroatoms. The Morgan fingerprint density at radius 3 is 3.05 bits per heavy atom. The van der Waals surface area contributed by atoms with Crippen LogP contribution in [0.25, 0.3) is 0 Å². The monoisotopic (exact) mass is 288 g/mol. The Bertz CT molecular complexity index is 624. The molecule has 0 spiro atoms. The summed E-state index contributed by atoms with van der Waals surface area (Å²) in [6.07, 6.45) is 0.925. The van der Waals surface area contributed by atoms with Crippen LogP contribution in [0.2, 0.25) is 0 Å². The van der Waals surface area contributed by atoms with E-state index in [4.69, 9.17) is 4.74 Å². The highest BCUT2D eigenvalue weighted by Crippen LogP contribution is 2.32. The second kappa shape index (κ2) is 5.54. The molecule has 104 valence electrons. The summed E-state index contributed by atoms with van der Waals surface area (Å²) >= 11 is 1.42. The Morgan fingerprint density at radius 2 is 2.20 bits per heavy atom. The van der Waals surface area contributed by atoms with Gasteiger partial charge in [0, 0.05) is 13.1 Å². The van der Waals surface area contributed by atoms with E-state index in [1.807, 2.05) is 40.6 Å². The van der Waals surface area contributed by atoms with E-state index in [1.54, 1.807) is 7.11 Å². The molecule has 1 aromatic carbocycles. The van der Waals surface area contributed by atoms with Crippen molar-refractivity contribution in [2.24, 2.45) is 0 Å². The molecule has 0 atom stereocenters. The smallest absolute Gasteiger partial charge is 0.272 e. The molecule has 0 bridgehead atoms.